The van der Waals surface area contributed by atoms with Crippen LogP contribution in [-0.2, 0) is 4.74 Å². The first-order valence-corrected chi connectivity index (χ1v) is 7.31. The SMILES string of the molecule is CCOCC1CN(CCN)CC12CCCCC2. The third-order valence-corrected chi connectivity index (χ3v) is 4.70. The molecule has 17 heavy (non-hydrogen) atoms. The van der Waals surface area contributed by atoms with Crippen molar-refractivity contribution in [1.29, 1.82) is 0 Å². The highest BCUT2D eigenvalue weighted by molar-refractivity contribution is 4.98. The molecule has 0 aromatic rings. The number of nitrogens with zero attached hydrogens (tertiary/aromatic N) is 1. The maximum atomic E-state index is 5.71. The Hall–Kier alpha value is -0.120. The van der Waals surface area contributed by atoms with Crippen molar-refractivity contribution >= 4 is 0 Å². The average Bonchev–Trinajstić information content (AvgIpc) is 2.66. The van der Waals surface area contributed by atoms with E-state index < -0.39 is 0 Å². The Labute approximate surface area is 106 Å². The van der Waals surface area contributed by atoms with Gasteiger partial charge in [0.15, 0.2) is 0 Å². The lowest BCUT2D eigenvalue weighted by Crippen LogP contribution is -2.35. The molecule has 1 spiro atoms. The molecule has 1 saturated carbocycles. The molecule has 1 saturated heterocycles. The van der Waals surface area contributed by atoms with Gasteiger partial charge in [-0.3, -0.25) is 0 Å². The van der Waals surface area contributed by atoms with E-state index in [0.29, 0.717) is 5.41 Å². The van der Waals surface area contributed by atoms with Crippen molar-refractivity contribution in [2.75, 3.05) is 39.4 Å². The summed E-state index contributed by atoms with van der Waals surface area (Å²) in [5, 5.41) is 0. The fourth-order valence-electron chi connectivity index (χ4n) is 3.81. The van der Waals surface area contributed by atoms with E-state index in [-0.39, 0.29) is 0 Å². The lowest BCUT2D eigenvalue weighted by Gasteiger charge is -2.38. The summed E-state index contributed by atoms with van der Waals surface area (Å²) in [6.45, 7) is 8.22. The van der Waals surface area contributed by atoms with Crippen molar-refractivity contribution in [2.24, 2.45) is 17.1 Å². The van der Waals surface area contributed by atoms with E-state index in [1.54, 1.807) is 0 Å². The Balaban J connectivity index is 1.98. The molecular weight excluding hydrogens is 212 g/mol. The maximum Gasteiger partial charge on any atom is 0.0512 e. The number of hydrogen-bond acceptors (Lipinski definition) is 3. The second-order valence-corrected chi connectivity index (χ2v) is 5.80. The highest BCUT2D eigenvalue weighted by Crippen LogP contribution is 2.47. The van der Waals surface area contributed by atoms with Gasteiger partial charge in [0.1, 0.15) is 0 Å². The first-order valence-electron chi connectivity index (χ1n) is 7.31. The van der Waals surface area contributed by atoms with Gasteiger partial charge in [0, 0.05) is 38.7 Å². The second-order valence-electron chi connectivity index (χ2n) is 5.80. The van der Waals surface area contributed by atoms with E-state index in [2.05, 4.69) is 11.8 Å². The summed E-state index contributed by atoms with van der Waals surface area (Å²) >= 11 is 0. The maximum absolute atomic E-state index is 5.71. The van der Waals surface area contributed by atoms with Crippen LogP contribution in [0, 0.1) is 11.3 Å². The van der Waals surface area contributed by atoms with Gasteiger partial charge in [0.25, 0.3) is 0 Å². The smallest absolute Gasteiger partial charge is 0.0512 e. The van der Waals surface area contributed by atoms with Gasteiger partial charge in [-0.15, -0.1) is 0 Å². The monoisotopic (exact) mass is 240 g/mol. The summed E-state index contributed by atoms with van der Waals surface area (Å²) < 4.78 is 5.71. The van der Waals surface area contributed by atoms with Crippen LogP contribution < -0.4 is 5.73 Å². The Bertz CT molecular complexity index is 226. The number of hydrogen-bond donors (Lipinski definition) is 1. The van der Waals surface area contributed by atoms with Crippen LogP contribution in [0.5, 0.6) is 0 Å². The van der Waals surface area contributed by atoms with E-state index in [0.717, 1.165) is 32.2 Å². The lowest BCUT2D eigenvalue weighted by molar-refractivity contribution is 0.0467. The predicted octanol–water partition coefficient (Wildman–Crippen LogP) is 1.86. The van der Waals surface area contributed by atoms with Gasteiger partial charge in [-0.05, 0) is 25.2 Å². The molecule has 2 rings (SSSR count). The quantitative estimate of drug-likeness (QED) is 0.797. The molecule has 1 aliphatic heterocycles. The molecule has 0 aromatic carbocycles. The number of rotatable bonds is 5. The molecule has 2 aliphatic rings. The normalized spacial score (nSPS) is 28.9. The van der Waals surface area contributed by atoms with Crippen molar-refractivity contribution < 1.29 is 4.74 Å². The van der Waals surface area contributed by atoms with E-state index in [1.807, 2.05) is 0 Å². The van der Waals surface area contributed by atoms with Crippen molar-refractivity contribution in [3.63, 3.8) is 0 Å². The van der Waals surface area contributed by atoms with Crippen molar-refractivity contribution in [3.8, 4) is 0 Å². The fraction of sp³-hybridized carbons (Fsp3) is 1.00. The van der Waals surface area contributed by atoms with Gasteiger partial charge in [0.2, 0.25) is 0 Å². The topological polar surface area (TPSA) is 38.5 Å². The van der Waals surface area contributed by atoms with Gasteiger partial charge in [0.05, 0.1) is 6.61 Å². The molecule has 1 unspecified atom stereocenters. The van der Waals surface area contributed by atoms with Gasteiger partial charge < -0.3 is 15.4 Å². The van der Waals surface area contributed by atoms with Crippen LogP contribution in [-0.4, -0.2) is 44.3 Å². The van der Waals surface area contributed by atoms with E-state index in [9.17, 15) is 0 Å². The molecule has 1 aliphatic carbocycles. The molecule has 3 heteroatoms. The molecule has 0 aromatic heterocycles. The molecule has 2 N–H and O–H groups in total. The summed E-state index contributed by atoms with van der Waals surface area (Å²) in [5.74, 6) is 0.745. The largest absolute Gasteiger partial charge is 0.381 e. The van der Waals surface area contributed by atoms with E-state index >= 15 is 0 Å². The Kier molecular flexibility index (Phi) is 4.83. The zero-order valence-corrected chi connectivity index (χ0v) is 11.3. The van der Waals surface area contributed by atoms with Crippen LogP contribution >= 0.6 is 0 Å². The van der Waals surface area contributed by atoms with Crippen molar-refractivity contribution in [1.82, 2.24) is 4.90 Å². The molecule has 0 bridgehead atoms. The third-order valence-electron chi connectivity index (χ3n) is 4.70. The van der Waals surface area contributed by atoms with Crippen LogP contribution in [0.2, 0.25) is 0 Å². The minimum atomic E-state index is 0.558. The van der Waals surface area contributed by atoms with E-state index in [4.69, 9.17) is 10.5 Å². The summed E-state index contributed by atoms with van der Waals surface area (Å²) in [4.78, 5) is 2.56. The Morgan fingerprint density at radius 2 is 2.06 bits per heavy atom. The zero-order valence-electron chi connectivity index (χ0n) is 11.3. The molecular formula is C14H28N2O. The van der Waals surface area contributed by atoms with Crippen LogP contribution in [0.3, 0.4) is 0 Å². The zero-order chi connectivity index (χ0) is 12.1. The number of ether oxygens (including phenoxy) is 1. The van der Waals surface area contributed by atoms with Crippen molar-refractivity contribution in [3.05, 3.63) is 0 Å². The molecule has 1 heterocycles. The highest BCUT2D eigenvalue weighted by atomic mass is 16.5. The van der Waals surface area contributed by atoms with Gasteiger partial charge in [-0.1, -0.05) is 19.3 Å². The summed E-state index contributed by atoms with van der Waals surface area (Å²) in [6.07, 6.45) is 7.08. The molecule has 100 valence electrons. The molecule has 0 amide bonds. The molecule has 0 radical (unpaired) electrons. The predicted molar refractivity (Wildman–Crippen MR) is 71.0 cm³/mol. The lowest BCUT2D eigenvalue weighted by atomic mass is 9.68. The fourth-order valence-corrected chi connectivity index (χ4v) is 3.81. The van der Waals surface area contributed by atoms with Gasteiger partial charge in [-0.25, -0.2) is 0 Å². The minimum Gasteiger partial charge on any atom is -0.381 e. The third kappa shape index (κ3) is 3.01. The van der Waals surface area contributed by atoms with Crippen LogP contribution in [0.15, 0.2) is 0 Å². The first-order chi connectivity index (χ1) is 8.30. The average molecular weight is 240 g/mol. The number of likely N-dealkylation sites (tertiary alicyclic amines) is 1. The summed E-state index contributed by atoms with van der Waals surface area (Å²) in [7, 11) is 0. The standard InChI is InChI=1S/C14H28N2O/c1-2-17-11-13-10-16(9-8-15)12-14(13)6-4-3-5-7-14/h13H,2-12,15H2,1H3. The van der Waals surface area contributed by atoms with Crippen LogP contribution in [0.4, 0.5) is 0 Å². The minimum absolute atomic E-state index is 0.558. The molecule has 2 fully saturated rings. The Morgan fingerprint density at radius 1 is 1.29 bits per heavy atom. The molecule has 1 atom stereocenters. The molecule has 3 nitrogen and oxygen atoms in total. The second kappa shape index (κ2) is 6.17. The van der Waals surface area contributed by atoms with Gasteiger partial charge in [-0.2, -0.15) is 0 Å². The summed E-state index contributed by atoms with van der Waals surface area (Å²) in [5.41, 5.74) is 6.26. The van der Waals surface area contributed by atoms with Crippen molar-refractivity contribution in [2.45, 2.75) is 39.0 Å². The van der Waals surface area contributed by atoms with Gasteiger partial charge >= 0.3 is 0 Å². The van der Waals surface area contributed by atoms with E-state index in [1.165, 1.54) is 45.2 Å². The number of nitrogens with two attached hydrogens (primary N) is 1. The van der Waals surface area contributed by atoms with Crippen LogP contribution in [0.1, 0.15) is 39.0 Å². The first kappa shape index (κ1) is 13.3. The van der Waals surface area contributed by atoms with Crippen LogP contribution in [0.25, 0.3) is 0 Å². The summed E-state index contributed by atoms with van der Waals surface area (Å²) in [6, 6.07) is 0. The Morgan fingerprint density at radius 3 is 2.71 bits per heavy atom. The highest BCUT2D eigenvalue weighted by Gasteiger charge is 2.46.